The van der Waals surface area contributed by atoms with Gasteiger partial charge in [0.25, 0.3) is 0 Å². The Morgan fingerprint density at radius 1 is 1.39 bits per heavy atom. The van der Waals surface area contributed by atoms with E-state index in [0.29, 0.717) is 23.8 Å². The normalized spacial score (nSPS) is 12.0. The first-order valence-corrected chi connectivity index (χ1v) is 7.47. The van der Waals surface area contributed by atoms with Crippen molar-refractivity contribution in [2.45, 2.75) is 26.9 Å². The molecule has 1 N–H and O–H groups in total. The van der Waals surface area contributed by atoms with Crippen LogP contribution in [0.15, 0.2) is 18.6 Å². The van der Waals surface area contributed by atoms with Crippen molar-refractivity contribution in [2.75, 3.05) is 12.4 Å². The second-order valence-electron chi connectivity index (χ2n) is 5.01. The molecular weight excluding hydrogens is 322 g/mol. The van der Waals surface area contributed by atoms with Gasteiger partial charge in [-0.1, -0.05) is 18.5 Å². The Balaban J connectivity index is 2.09. The summed E-state index contributed by atoms with van der Waals surface area (Å²) in [6.07, 6.45) is 4.74. The first-order chi connectivity index (χ1) is 10.9. The van der Waals surface area contributed by atoms with Crippen LogP contribution in [0.4, 0.5) is 5.69 Å². The van der Waals surface area contributed by atoms with Crippen LogP contribution in [0.1, 0.15) is 24.3 Å². The van der Waals surface area contributed by atoms with Gasteiger partial charge in [-0.25, -0.2) is 4.79 Å². The van der Waals surface area contributed by atoms with Gasteiger partial charge < -0.3 is 10.1 Å². The lowest BCUT2D eigenvalue weighted by Gasteiger charge is -2.11. The number of anilines is 1. The van der Waals surface area contributed by atoms with Crippen LogP contribution in [0.2, 0.25) is 5.02 Å². The topological polar surface area (TPSA) is 91.0 Å². The molecule has 2 aromatic heterocycles. The zero-order chi connectivity index (χ0) is 17.0. The van der Waals surface area contributed by atoms with Gasteiger partial charge in [-0.2, -0.15) is 10.2 Å². The van der Waals surface area contributed by atoms with Crippen LogP contribution in [0, 0.1) is 5.92 Å². The van der Waals surface area contributed by atoms with Gasteiger partial charge in [0.15, 0.2) is 5.69 Å². The van der Waals surface area contributed by atoms with Crippen molar-refractivity contribution in [1.82, 2.24) is 19.6 Å². The second-order valence-corrected chi connectivity index (χ2v) is 5.45. The predicted molar refractivity (Wildman–Crippen MR) is 84.3 cm³/mol. The summed E-state index contributed by atoms with van der Waals surface area (Å²) in [5, 5.41) is 11.3. The highest BCUT2D eigenvalue weighted by Crippen LogP contribution is 2.17. The summed E-state index contributed by atoms with van der Waals surface area (Å²) < 4.78 is 7.82. The molecule has 1 atom stereocenters. The molecule has 2 rings (SSSR count). The number of methoxy groups -OCH3 is 1. The summed E-state index contributed by atoms with van der Waals surface area (Å²) in [5.74, 6) is -1.22. The number of nitrogens with zero attached hydrogens (tertiary/aromatic N) is 4. The fourth-order valence-corrected chi connectivity index (χ4v) is 2.14. The van der Waals surface area contributed by atoms with E-state index in [0.717, 1.165) is 0 Å². The molecule has 0 spiro atoms. The van der Waals surface area contributed by atoms with Crippen LogP contribution < -0.4 is 5.32 Å². The Hall–Kier alpha value is -2.35. The van der Waals surface area contributed by atoms with Crippen LogP contribution in [-0.2, 0) is 22.6 Å². The van der Waals surface area contributed by atoms with Crippen LogP contribution in [0.5, 0.6) is 0 Å². The molecule has 0 aliphatic carbocycles. The maximum absolute atomic E-state index is 12.3. The molecular formula is C14H18ClN5O3. The highest BCUT2D eigenvalue weighted by molar-refractivity contribution is 6.30. The lowest BCUT2D eigenvalue weighted by molar-refractivity contribution is -0.119. The van der Waals surface area contributed by atoms with Crippen molar-refractivity contribution in [1.29, 1.82) is 0 Å². The minimum absolute atomic E-state index is 0.0806. The van der Waals surface area contributed by atoms with E-state index in [9.17, 15) is 9.59 Å². The SMILES string of the molecule is CCn1cc(NC(=O)C(C)Cn2cc(Cl)cn2)c(C(=O)OC)n1. The van der Waals surface area contributed by atoms with Gasteiger partial charge in [0.2, 0.25) is 5.91 Å². The molecule has 0 aliphatic heterocycles. The number of amides is 1. The molecule has 2 aromatic rings. The molecule has 0 radical (unpaired) electrons. The number of carbonyl (C=O) groups excluding carboxylic acids is 2. The molecule has 0 saturated heterocycles. The number of carbonyl (C=O) groups is 2. The average Bonchev–Trinajstić information content (AvgIpc) is 3.12. The number of rotatable bonds is 6. The average molecular weight is 340 g/mol. The van der Waals surface area contributed by atoms with Crippen LogP contribution in [0.3, 0.4) is 0 Å². The summed E-state index contributed by atoms with van der Waals surface area (Å²) in [5.41, 5.74) is 0.408. The lowest BCUT2D eigenvalue weighted by Crippen LogP contribution is -2.25. The van der Waals surface area contributed by atoms with Gasteiger partial charge in [-0.15, -0.1) is 0 Å². The third-order valence-electron chi connectivity index (χ3n) is 3.23. The highest BCUT2D eigenvalue weighted by Gasteiger charge is 2.21. The van der Waals surface area contributed by atoms with Crippen LogP contribution >= 0.6 is 11.6 Å². The van der Waals surface area contributed by atoms with Crippen LogP contribution in [0.25, 0.3) is 0 Å². The maximum atomic E-state index is 12.3. The molecule has 0 fully saturated rings. The van der Waals surface area contributed by atoms with Gasteiger partial charge in [-0.3, -0.25) is 14.2 Å². The standard InChI is InChI=1S/C14H18ClN5O3/c1-4-19-8-11(12(18-19)14(22)23-3)17-13(21)9(2)6-20-7-10(15)5-16-20/h5,7-9H,4,6H2,1-3H3,(H,17,21). The largest absolute Gasteiger partial charge is 0.464 e. The summed E-state index contributed by atoms with van der Waals surface area (Å²) >= 11 is 5.80. The highest BCUT2D eigenvalue weighted by atomic mass is 35.5. The van der Waals surface area contributed by atoms with Crippen molar-refractivity contribution in [3.05, 3.63) is 29.3 Å². The monoisotopic (exact) mass is 339 g/mol. The first-order valence-electron chi connectivity index (χ1n) is 7.09. The Labute approximate surface area is 138 Å². The Kier molecular flexibility index (Phi) is 5.38. The van der Waals surface area contributed by atoms with Crippen molar-refractivity contribution < 1.29 is 14.3 Å². The van der Waals surface area contributed by atoms with E-state index in [2.05, 4.69) is 20.3 Å². The van der Waals surface area contributed by atoms with Gasteiger partial charge in [0.1, 0.15) is 0 Å². The van der Waals surface area contributed by atoms with Crippen molar-refractivity contribution in [2.24, 2.45) is 5.92 Å². The van der Waals surface area contributed by atoms with Crippen molar-refractivity contribution >= 4 is 29.2 Å². The molecule has 0 aliphatic rings. The zero-order valence-corrected chi connectivity index (χ0v) is 13.9. The molecule has 0 bridgehead atoms. The second kappa shape index (κ2) is 7.28. The molecule has 8 nitrogen and oxygen atoms in total. The van der Waals surface area contributed by atoms with Crippen molar-refractivity contribution in [3.63, 3.8) is 0 Å². The van der Waals surface area contributed by atoms with Gasteiger partial charge in [0, 0.05) is 18.9 Å². The number of aromatic nitrogens is 4. The van der Waals surface area contributed by atoms with E-state index in [-0.39, 0.29) is 17.5 Å². The number of nitrogens with one attached hydrogen (secondary N) is 1. The molecule has 2 heterocycles. The van der Waals surface area contributed by atoms with Gasteiger partial charge >= 0.3 is 5.97 Å². The van der Waals surface area contributed by atoms with E-state index in [4.69, 9.17) is 11.6 Å². The number of hydrogen-bond acceptors (Lipinski definition) is 5. The molecule has 1 unspecified atom stereocenters. The molecule has 23 heavy (non-hydrogen) atoms. The molecule has 9 heteroatoms. The number of aryl methyl sites for hydroxylation is 1. The minimum Gasteiger partial charge on any atom is -0.464 e. The summed E-state index contributed by atoms with van der Waals surface area (Å²) in [6, 6.07) is 0. The summed E-state index contributed by atoms with van der Waals surface area (Å²) in [6.45, 7) is 4.58. The lowest BCUT2D eigenvalue weighted by atomic mass is 10.1. The fourth-order valence-electron chi connectivity index (χ4n) is 1.98. The molecule has 0 aromatic carbocycles. The van der Waals surface area contributed by atoms with E-state index in [1.807, 2.05) is 6.92 Å². The number of ether oxygens (including phenoxy) is 1. The van der Waals surface area contributed by atoms with Crippen LogP contribution in [-0.4, -0.2) is 38.5 Å². The van der Waals surface area contributed by atoms with E-state index in [1.54, 1.807) is 28.7 Å². The summed E-state index contributed by atoms with van der Waals surface area (Å²) in [7, 11) is 1.27. The molecule has 0 saturated carbocycles. The molecule has 1 amide bonds. The van der Waals surface area contributed by atoms with Gasteiger partial charge in [0.05, 0.1) is 36.5 Å². The maximum Gasteiger partial charge on any atom is 0.360 e. The third-order valence-corrected chi connectivity index (χ3v) is 3.43. The third kappa shape index (κ3) is 4.10. The number of esters is 1. The van der Waals surface area contributed by atoms with Gasteiger partial charge in [-0.05, 0) is 6.92 Å². The predicted octanol–water partition coefficient (Wildman–Crippen LogP) is 1.81. The Morgan fingerprint density at radius 2 is 2.13 bits per heavy atom. The fraction of sp³-hybridized carbons (Fsp3) is 0.429. The van der Waals surface area contributed by atoms with E-state index < -0.39 is 5.97 Å². The quantitative estimate of drug-likeness (QED) is 0.810. The smallest absolute Gasteiger partial charge is 0.360 e. The van der Waals surface area contributed by atoms with E-state index in [1.165, 1.54) is 13.3 Å². The van der Waals surface area contributed by atoms with E-state index >= 15 is 0 Å². The first kappa shape index (κ1) is 17.0. The number of halogens is 1. The Morgan fingerprint density at radius 3 is 2.70 bits per heavy atom. The molecule has 124 valence electrons. The zero-order valence-electron chi connectivity index (χ0n) is 13.1. The summed E-state index contributed by atoms with van der Waals surface area (Å²) in [4.78, 5) is 24.0. The number of hydrogen-bond donors (Lipinski definition) is 1. The minimum atomic E-state index is -0.598. The Bertz CT molecular complexity index is 709. The van der Waals surface area contributed by atoms with Crippen molar-refractivity contribution in [3.8, 4) is 0 Å².